The molecule has 8 nitrogen and oxygen atoms in total. The predicted molar refractivity (Wildman–Crippen MR) is 144 cm³/mol. The second-order valence-corrected chi connectivity index (χ2v) is 10.3. The van der Waals surface area contributed by atoms with Crippen LogP contribution in [0.1, 0.15) is 49.0 Å². The first-order valence-corrected chi connectivity index (χ1v) is 13.2. The van der Waals surface area contributed by atoms with Crippen LogP contribution < -0.4 is 14.8 Å². The molecule has 3 N–H and O–H groups in total. The highest BCUT2D eigenvalue weighted by Gasteiger charge is 2.48. The number of urea groups is 1. The van der Waals surface area contributed by atoms with Crippen LogP contribution >= 0.6 is 0 Å². The van der Waals surface area contributed by atoms with Gasteiger partial charge in [0, 0.05) is 47.7 Å². The Morgan fingerprint density at radius 2 is 1.89 bits per heavy atom. The zero-order valence-corrected chi connectivity index (χ0v) is 22.0. The van der Waals surface area contributed by atoms with E-state index in [0.717, 1.165) is 67.0 Å². The third-order valence-corrected chi connectivity index (χ3v) is 8.06. The number of hydrogen-bond donors (Lipinski definition) is 3. The first-order valence-electron chi connectivity index (χ1n) is 13.2. The molecular weight excluding hydrogens is 468 g/mol. The molecule has 1 atom stereocenters. The maximum Gasteiger partial charge on any atom is 0.318 e. The first-order chi connectivity index (χ1) is 18.0. The van der Waals surface area contributed by atoms with Crippen molar-refractivity contribution in [3.63, 3.8) is 0 Å². The highest BCUT2D eigenvalue weighted by Crippen LogP contribution is 2.49. The van der Waals surface area contributed by atoms with Crippen LogP contribution in [0.4, 0.5) is 4.79 Å². The normalized spacial score (nSPS) is 19.1. The molecule has 2 amide bonds. The minimum absolute atomic E-state index is 0.110. The van der Waals surface area contributed by atoms with Crippen molar-refractivity contribution in [2.24, 2.45) is 0 Å². The first kappa shape index (κ1) is 25.4. The summed E-state index contributed by atoms with van der Waals surface area (Å²) < 4.78 is 10.9. The summed E-state index contributed by atoms with van der Waals surface area (Å²) in [4.78, 5) is 21.2. The number of benzene rings is 2. The van der Waals surface area contributed by atoms with E-state index in [1.54, 1.807) is 14.2 Å². The van der Waals surface area contributed by atoms with Crippen molar-refractivity contribution in [2.45, 2.75) is 44.2 Å². The van der Waals surface area contributed by atoms with Gasteiger partial charge in [0.1, 0.15) is 11.5 Å². The average Bonchev–Trinajstić information content (AvgIpc) is 3.32. The lowest BCUT2D eigenvalue weighted by atomic mass is 9.68. The molecule has 3 heterocycles. The largest absolute Gasteiger partial charge is 0.497 e. The van der Waals surface area contributed by atoms with Crippen LogP contribution in [-0.4, -0.2) is 72.9 Å². The zero-order chi connectivity index (χ0) is 26.0. The molecule has 1 spiro atoms. The minimum atomic E-state index is -0.411. The molecule has 8 heteroatoms. The second-order valence-electron chi connectivity index (χ2n) is 10.3. The molecule has 0 saturated carbocycles. The van der Waals surface area contributed by atoms with Gasteiger partial charge in [-0.2, -0.15) is 0 Å². The van der Waals surface area contributed by atoms with Crippen molar-refractivity contribution in [1.82, 2.24) is 20.1 Å². The average molecular weight is 507 g/mol. The lowest BCUT2D eigenvalue weighted by molar-refractivity contribution is 0.0663. The number of aliphatic hydroxyl groups excluding tert-OH is 1. The molecule has 2 aromatic carbocycles. The van der Waals surface area contributed by atoms with E-state index in [9.17, 15) is 9.90 Å². The number of amides is 2. The Balaban J connectivity index is 1.49. The Kier molecular flexibility index (Phi) is 7.31. The molecule has 0 bridgehead atoms. The number of fused-ring (bicyclic) bond motifs is 4. The van der Waals surface area contributed by atoms with Crippen LogP contribution in [0.5, 0.6) is 11.5 Å². The van der Waals surface area contributed by atoms with E-state index in [0.29, 0.717) is 13.1 Å². The van der Waals surface area contributed by atoms with E-state index in [2.05, 4.69) is 33.4 Å². The van der Waals surface area contributed by atoms with Gasteiger partial charge in [0.25, 0.3) is 0 Å². The number of likely N-dealkylation sites (tertiary alicyclic amines) is 1. The fourth-order valence-electron chi connectivity index (χ4n) is 6.13. The summed E-state index contributed by atoms with van der Waals surface area (Å²) in [6, 6.07) is 13.9. The van der Waals surface area contributed by atoms with Gasteiger partial charge in [0.05, 0.1) is 26.9 Å². The van der Waals surface area contributed by atoms with Crippen LogP contribution in [0.15, 0.2) is 42.5 Å². The fourth-order valence-corrected chi connectivity index (χ4v) is 6.13. The molecule has 198 valence electrons. The van der Waals surface area contributed by atoms with Crippen LogP contribution in [0, 0.1) is 0 Å². The molecule has 2 aliphatic heterocycles. The number of aromatic nitrogens is 1. The van der Waals surface area contributed by atoms with Gasteiger partial charge in [0.2, 0.25) is 0 Å². The summed E-state index contributed by atoms with van der Waals surface area (Å²) in [7, 11) is 3.36. The maximum absolute atomic E-state index is 13.3. The number of carbonyl (C=O) groups excluding carboxylic acids is 1. The summed E-state index contributed by atoms with van der Waals surface area (Å²) in [5.41, 5.74) is 4.23. The molecule has 5 rings (SSSR count). The zero-order valence-electron chi connectivity index (χ0n) is 22.0. The highest BCUT2D eigenvalue weighted by molar-refractivity contribution is 5.88. The molecular formula is C29H38N4O4. The Morgan fingerprint density at radius 3 is 2.59 bits per heavy atom. The van der Waals surface area contributed by atoms with Crippen molar-refractivity contribution in [1.29, 1.82) is 0 Å². The van der Waals surface area contributed by atoms with Crippen molar-refractivity contribution in [3.05, 3.63) is 59.3 Å². The number of methoxy groups -OCH3 is 2. The van der Waals surface area contributed by atoms with Crippen LogP contribution in [-0.2, 0) is 12.0 Å². The monoisotopic (exact) mass is 506 g/mol. The Hall–Kier alpha value is -3.23. The summed E-state index contributed by atoms with van der Waals surface area (Å²) in [5.74, 6) is 1.66. The van der Waals surface area contributed by atoms with Crippen molar-refractivity contribution in [2.75, 3.05) is 47.0 Å². The molecule has 0 unspecified atom stereocenters. The highest BCUT2D eigenvalue weighted by atomic mass is 16.5. The van der Waals surface area contributed by atoms with Crippen molar-refractivity contribution < 1.29 is 19.4 Å². The van der Waals surface area contributed by atoms with E-state index >= 15 is 0 Å². The van der Waals surface area contributed by atoms with E-state index in [1.807, 2.05) is 36.1 Å². The van der Waals surface area contributed by atoms with Gasteiger partial charge in [-0.1, -0.05) is 19.1 Å². The van der Waals surface area contributed by atoms with E-state index in [4.69, 9.17) is 9.47 Å². The molecule has 0 radical (unpaired) electrons. The SMILES string of the molecule is CCCNC(=O)N1CC2(CCN(Cc3cccc(OC)c3)CC2)c2c([nH]c3cc(OC)ccc23)[C@H]1CO. The topological polar surface area (TPSA) is 90.1 Å². The number of hydrogen-bond acceptors (Lipinski definition) is 5. The Labute approximate surface area is 218 Å². The van der Waals surface area contributed by atoms with Gasteiger partial charge in [-0.15, -0.1) is 0 Å². The molecule has 0 aliphatic carbocycles. The summed E-state index contributed by atoms with van der Waals surface area (Å²) in [5, 5.41) is 14.7. The third kappa shape index (κ3) is 4.76. The number of ether oxygens (including phenoxy) is 2. The number of aromatic amines is 1. The van der Waals surface area contributed by atoms with E-state index < -0.39 is 6.04 Å². The molecule has 1 fully saturated rings. The van der Waals surface area contributed by atoms with Crippen LogP contribution in [0.2, 0.25) is 0 Å². The molecule has 1 aromatic heterocycles. The minimum Gasteiger partial charge on any atom is -0.497 e. The predicted octanol–water partition coefficient (Wildman–Crippen LogP) is 4.19. The molecule has 1 saturated heterocycles. The van der Waals surface area contributed by atoms with Gasteiger partial charge in [0.15, 0.2) is 0 Å². The lowest BCUT2D eigenvalue weighted by Crippen LogP contribution is -2.57. The van der Waals surface area contributed by atoms with Gasteiger partial charge in [-0.25, -0.2) is 4.79 Å². The van der Waals surface area contributed by atoms with Crippen LogP contribution in [0.3, 0.4) is 0 Å². The van der Waals surface area contributed by atoms with E-state index in [1.165, 1.54) is 11.1 Å². The maximum atomic E-state index is 13.3. The quantitative estimate of drug-likeness (QED) is 0.447. The van der Waals surface area contributed by atoms with Gasteiger partial charge in [-0.3, -0.25) is 4.90 Å². The summed E-state index contributed by atoms with van der Waals surface area (Å²) in [6.45, 7) is 5.84. The number of piperidine rings is 1. The number of carbonyl (C=O) groups is 1. The molecule has 2 aliphatic rings. The number of nitrogens with one attached hydrogen (secondary N) is 2. The smallest absolute Gasteiger partial charge is 0.318 e. The summed E-state index contributed by atoms with van der Waals surface area (Å²) >= 11 is 0. The number of rotatable bonds is 7. The van der Waals surface area contributed by atoms with Gasteiger partial charge in [-0.05, 0) is 67.7 Å². The molecule has 3 aromatic rings. The summed E-state index contributed by atoms with van der Waals surface area (Å²) in [6.07, 6.45) is 2.72. The third-order valence-electron chi connectivity index (χ3n) is 8.06. The lowest BCUT2D eigenvalue weighted by Gasteiger charge is -2.50. The standard InChI is InChI=1S/C29H38N4O4/c1-4-12-30-28(35)33-19-29(10-13-32(14-11-29)17-20-6-5-7-21(15-20)36-2)26-23-9-8-22(37-3)16-24(23)31-27(26)25(33)18-34/h5-9,15-16,25,31,34H,4,10-14,17-19H2,1-3H3,(H,30,35)/t25-/m1/s1. The number of aliphatic hydroxyl groups is 1. The Bertz CT molecular complexity index is 1250. The molecule has 37 heavy (non-hydrogen) atoms. The van der Waals surface area contributed by atoms with Crippen molar-refractivity contribution >= 4 is 16.9 Å². The number of H-pyrrole nitrogens is 1. The fraction of sp³-hybridized carbons (Fsp3) is 0.483. The van der Waals surface area contributed by atoms with E-state index in [-0.39, 0.29) is 18.1 Å². The van der Waals surface area contributed by atoms with Crippen molar-refractivity contribution in [3.8, 4) is 11.5 Å². The number of nitrogens with zero attached hydrogens (tertiary/aromatic N) is 2. The Morgan fingerprint density at radius 1 is 1.14 bits per heavy atom. The second kappa shape index (κ2) is 10.6. The van der Waals surface area contributed by atoms with Gasteiger partial charge >= 0.3 is 6.03 Å². The van der Waals surface area contributed by atoms with Crippen LogP contribution in [0.25, 0.3) is 10.9 Å². The van der Waals surface area contributed by atoms with Gasteiger partial charge < -0.3 is 29.8 Å².